The minimum Gasteiger partial charge on any atom is -0.354 e. The molecule has 3 rings (SSSR count). The molecule has 0 atom stereocenters. The zero-order valence-corrected chi connectivity index (χ0v) is 10.5. The molecule has 0 fully saturated rings. The van der Waals surface area contributed by atoms with Crippen LogP contribution < -0.4 is 0 Å². The lowest BCUT2D eigenvalue weighted by atomic mass is 10.1. The molecule has 1 aromatic heterocycles. The van der Waals surface area contributed by atoms with Crippen LogP contribution in [-0.4, -0.2) is 9.91 Å². The Bertz CT molecular complexity index is 747. The first kappa shape index (κ1) is 11.7. The topological polar surface area (TPSA) is 58.9 Å². The smallest absolute Gasteiger partial charge is 0.278 e. The molecule has 0 spiro atoms. The summed E-state index contributed by atoms with van der Waals surface area (Å²) >= 11 is 5.93. The molecule has 0 bridgehead atoms. The molecule has 0 aliphatic rings. The van der Waals surface area contributed by atoms with Gasteiger partial charge in [-0.1, -0.05) is 29.8 Å². The van der Waals surface area contributed by atoms with Crippen LogP contribution in [0.4, 0.5) is 5.69 Å². The van der Waals surface area contributed by atoms with E-state index in [4.69, 9.17) is 11.6 Å². The van der Waals surface area contributed by atoms with Gasteiger partial charge in [0.15, 0.2) is 0 Å². The Morgan fingerprint density at radius 3 is 2.63 bits per heavy atom. The fourth-order valence-corrected chi connectivity index (χ4v) is 2.27. The summed E-state index contributed by atoms with van der Waals surface area (Å²) in [5, 5.41) is 12.5. The van der Waals surface area contributed by atoms with E-state index in [1.54, 1.807) is 6.07 Å². The number of hydrogen-bond acceptors (Lipinski definition) is 2. The van der Waals surface area contributed by atoms with Crippen molar-refractivity contribution in [3.05, 3.63) is 63.7 Å². The molecular formula is C14H9ClN2O2. The number of fused-ring (bicyclic) bond motifs is 1. The molecular weight excluding hydrogens is 264 g/mol. The van der Waals surface area contributed by atoms with Crippen molar-refractivity contribution >= 4 is 28.2 Å². The third-order valence-corrected chi connectivity index (χ3v) is 3.21. The van der Waals surface area contributed by atoms with E-state index in [9.17, 15) is 10.1 Å². The molecule has 0 saturated carbocycles. The van der Waals surface area contributed by atoms with E-state index in [1.165, 1.54) is 12.1 Å². The average molecular weight is 273 g/mol. The molecule has 5 heteroatoms. The number of para-hydroxylation sites is 1. The van der Waals surface area contributed by atoms with Gasteiger partial charge in [-0.3, -0.25) is 10.1 Å². The average Bonchev–Trinajstić information content (AvgIpc) is 2.81. The minimum atomic E-state index is -0.406. The van der Waals surface area contributed by atoms with Crippen LogP contribution in [0.15, 0.2) is 48.5 Å². The standard InChI is InChI=1S/C14H9ClN2O2/c15-10-5-6-14(17(18)19)11(8-10)13-7-9-3-1-2-4-12(9)16-13/h1-8,16H. The molecule has 19 heavy (non-hydrogen) atoms. The van der Waals surface area contributed by atoms with Crippen molar-refractivity contribution in [3.63, 3.8) is 0 Å². The summed E-state index contributed by atoms with van der Waals surface area (Å²) in [6, 6.07) is 14.1. The maximum Gasteiger partial charge on any atom is 0.278 e. The van der Waals surface area contributed by atoms with E-state index in [0.717, 1.165) is 10.9 Å². The van der Waals surface area contributed by atoms with Crippen molar-refractivity contribution in [1.82, 2.24) is 4.98 Å². The number of aromatic amines is 1. The normalized spacial score (nSPS) is 10.8. The van der Waals surface area contributed by atoms with Crippen molar-refractivity contribution < 1.29 is 4.92 Å². The molecule has 0 saturated heterocycles. The Kier molecular flexibility index (Phi) is 2.72. The van der Waals surface area contributed by atoms with E-state index in [1.807, 2.05) is 30.3 Å². The molecule has 94 valence electrons. The predicted octanol–water partition coefficient (Wildman–Crippen LogP) is 4.40. The van der Waals surface area contributed by atoms with Crippen LogP contribution in [0.25, 0.3) is 22.2 Å². The fraction of sp³-hybridized carbons (Fsp3) is 0. The van der Waals surface area contributed by atoms with Crippen molar-refractivity contribution in [2.24, 2.45) is 0 Å². The van der Waals surface area contributed by atoms with E-state index in [-0.39, 0.29) is 5.69 Å². The number of rotatable bonds is 2. The number of nitro benzene ring substituents is 1. The van der Waals surface area contributed by atoms with Crippen LogP contribution >= 0.6 is 11.6 Å². The van der Waals surface area contributed by atoms with Crippen molar-refractivity contribution in [2.75, 3.05) is 0 Å². The highest BCUT2D eigenvalue weighted by atomic mass is 35.5. The number of nitrogens with one attached hydrogen (secondary N) is 1. The van der Waals surface area contributed by atoms with Crippen LogP contribution in [0, 0.1) is 10.1 Å². The minimum absolute atomic E-state index is 0.0379. The van der Waals surface area contributed by atoms with Crippen LogP contribution in [-0.2, 0) is 0 Å². The van der Waals surface area contributed by atoms with Gasteiger partial charge in [-0.15, -0.1) is 0 Å². The van der Waals surface area contributed by atoms with Crippen molar-refractivity contribution in [1.29, 1.82) is 0 Å². The van der Waals surface area contributed by atoms with Gasteiger partial charge in [0.25, 0.3) is 5.69 Å². The van der Waals surface area contributed by atoms with Gasteiger partial charge in [0.05, 0.1) is 16.2 Å². The monoisotopic (exact) mass is 272 g/mol. The zero-order chi connectivity index (χ0) is 13.4. The summed E-state index contributed by atoms with van der Waals surface area (Å²) in [5.41, 5.74) is 2.16. The number of nitro groups is 1. The largest absolute Gasteiger partial charge is 0.354 e. The van der Waals surface area contributed by atoms with Gasteiger partial charge in [-0.25, -0.2) is 0 Å². The summed E-state index contributed by atoms with van der Waals surface area (Å²) < 4.78 is 0. The molecule has 0 amide bonds. The van der Waals surface area contributed by atoms with Crippen LogP contribution in [0.3, 0.4) is 0 Å². The Morgan fingerprint density at radius 1 is 1.11 bits per heavy atom. The summed E-state index contributed by atoms with van der Waals surface area (Å²) in [6.45, 7) is 0. The highest BCUT2D eigenvalue weighted by Crippen LogP contribution is 2.33. The fourth-order valence-electron chi connectivity index (χ4n) is 2.10. The highest BCUT2D eigenvalue weighted by molar-refractivity contribution is 6.31. The first-order valence-electron chi connectivity index (χ1n) is 5.67. The third-order valence-electron chi connectivity index (χ3n) is 2.98. The maximum atomic E-state index is 11.1. The third kappa shape index (κ3) is 2.06. The predicted molar refractivity (Wildman–Crippen MR) is 75.4 cm³/mol. The Hall–Kier alpha value is -2.33. The molecule has 0 aliphatic heterocycles. The molecule has 1 heterocycles. The lowest BCUT2D eigenvalue weighted by Gasteiger charge is -2.01. The molecule has 4 nitrogen and oxygen atoms in total. The number of benzene rings is 2. The summed E-state index contributed by atoms with van der Waals surface area (Å²) in [7, 11) is 0. The number of aromatic nitrogens is 1. The number of nitrogens with zero attached hydrogens (tertiary/aromatic N) is 1. The number of hydrogen-bond donors (Lipinski definition) is 1. The van der Waals surface area contributed by atoms with Gasteiger partial charge in [0, 0.05) is 22.0 Å². The van der Waals surface area contributed by atoms with Crippen LogP contribution in [0.5, 0.6) is 0 Å². The van der Waals surface area contributed by atoms with Gasteiger partial charge < -0.3 is 4.98 Å². The second kappa shape index (κ2) is 4.40. The van der Waals surface area contributed by atoms with E-state index < -0.39 is 4.92 Å². The van der Waals surface area contributed by atoms with Gasteiger partial charge >= 0.3 is 0 Å². The SMILES string of the molecule is O=[N+]([O-])c1ccc(Cl)cc1-c1cc2ccccc2[nH]1. The molecule has 0 unspecified atom stereocenters. The van der Waals surface area contributed by atoms with Gasteiger partial charge in [-0.2, -0.15) is 0 Å². The number of H-pyrrole nitrogens is 1. The van der Waals surface area contributed by atoms with Crippen LogP contribution in [0.1, 0.15) is 0 Å². The van der Waals surface area contributed by atoms with Gasteiger partial charge in [-0.05, 0) is 24.3 Å². The Labute approximate surface area is 113 Å². The first-order valence-corrected chi connectivity index (χ1v) is 6.05. The summed E-state index contributed by atoms with van der Waals surface area (Å²) in [4.78, 5) is 13.8. The first-order chi connectivity index (χ1) is 9.15. The van der Waals surface area contributed by atoms with Gasteiger partial charge in [0.2, 0.25) is 0 Å². The van der Waals surface area contributed by atoms with Crippen molar-refractivity contribution in [2.45, 2.75) is 0 Å². The van der Waals surface area contributed by atoms with E-state index in [2.05, 4.69) is 4.98 Å². The van der Waals surface area contributed by atoms with Crippen LogP contribution in [0.2, 0.25) is 5.02 Å². The molecule has 3 aromatic rings. The molecule has 2 aromatic carbocycles. The van der Waals surface area contributed by atoms with E-state index >= 15 is 0 Å². The van der Waals surface area contributed by atoms with Gasteiger partial charge in [0.1, 0.15) is 0 Å². The maximum absolute atomic E-state index is 11.1. The molecule has 1 N–H and O–H groups in total. The zero-order valence-electron chi connectivity index (χ0n) is 9.76. The van der Waals surface area contributed by atoms with Crippen molar-refractivity contribution in [3.8, 4) is 11.3 Å². The quantitative estimate of drug-likeness (QED) is 0.555. The Balaban J connectivity index is 2.25. The molecule has 0 aliphatic carbocycles. The molecule has 0 radical (unpaired) electrons. The lowest BCUT2D eigenvalue weighted by molar-refractivity contribution is -0.384. The lowest BCUT2D eigenvalue weighted by Crippen LogP contribution is -1.91. The second-order valence-corrected chi connectivity index (χ2v) is 4.63. The second-order valence-electron chi connectivity index (χ2n) is 4.19. The summed E-state index contributed by atoms with van der Waals surface area (Å²) in [6.07, 6.45) is 0. The highest BCUT2D eigenvalue weighted by Gasteiger charge is 2.17. The Morgan fingerprint density at radius 2 is 1.89 bits per heavy atom. The number of halogens is 1. The summed E-state index contributed by atoms with van der Waals surface area (Å²) in [5.74, 6) is 0. The van der Waals surface area contributed by atoms with E-state index in [0.29, 0.717) is 16.3 Å².